The zero-order chi connectivity index (χ0) is 26.6. The number of carboxylic acids is 1. The number of morpholine rings is 1. The van der Waals surface area contributed by atoms with Crippen molar-refractivity contribution in [3.8, 4) is 0 Å². The Balaban J connectivity index is 0.00000400. The van der Waals surface area contributed by atoms with Crippen molar-refractivity contribution in [3.63, 3.8) is 0 Å². The molecule has 2 fully saturated rings. The number of nitrogens with one attached hydrogen (secondary N) is 1. The molecule has 3 heterocycles. The predicted molar refractivity (Wildman–Crippen MR) is 129 cm³/mol. The van der Waals surface area contributed by atoms with E-state index in [0.29, 0.717) is 19.8 Å². The third-order valence-corrected chi connectivity index (χ3v) is 8.40. The van der Waals surface area contributed by atoms with Crippen molar-refractivity contribution in [3.05, 3.63) is 47.2 Å². The summed E-state index contributed by atoms with van der Waals surface area (Å²) in [6.45, 7) is 3.79. The van der Waals surface area contributed by atoms with Gasteiger partial charge in [0.25, 0.3) is 16.0 Å². The second-order valence-electron chi connectivity index (χ2n) is 8.38. The summed E-state index contributed by atoms with van der Waals surface area (Å²) in [5.74, 6) is -3.34. The summed E-state index contributed by atoms with van der Waals surface area (Å²) in [4.78, 5) is 45.8. The number of thioether (sulfide) groups is 1. The number of oxime groups is 1. The first kappa shape index (κ1) is 30.6. The first-order valence-electron chi connectivity index (χ1n) is 11.3. The van der Waals surface area contributed by atoms with Gasteiger partial charge in [-0.15, -0.1) is 11.8 Å². The summed E-state index contributed by atoms with van der Waals surface area (Å²) in [5, 5.41) is 15.3. The molecular weight excluding hydrogens is 551 g/mol. The van der Waals surface area contributed by atoms with Crippen LogP contribution in [0.15, 0.2) is 46.8 Å². The van der Waals surface area contributed by atoms with E-state index in [-0.39, 0.29) is 53.1 Å². The number of aliphatic carboxylic acids is 1. The SMILES string of the molecule is O=C([O-])C1=C(C=NOCCN2CCOCC2)CS[C@H]2[C@H](NC(=O)C(c3ccccc3)S(=O)(=O)O)C(=O)N12.[Na+]. The monoisotopic (exact) mass is 576 g/mol. The van der Waals surface area contributed by atoms with E-state index in [9.17, 15) is 32.5 Å². The summed E-state index contributed by atoms with van der Waals surface area (Å²) < 4.78 is 38.7. The zero-order valence-corrected chi connectivity index (χ0v) is 24.2. The van der Waals surface area contributed by atoms with E-state index in [1.165, 1.54) is 30.5 Å². The van der Waals surface area contributed by atoms with Gasteiger partial charge in [0, 0.05) is 31.0 Å². The molecule has 0 radical (unpaired) electrons. The fraction of sp³-hybridized carbons (Fsp3) is 0.455. The number of hydrogen-bond acceptors (Lipinski definition) is 11. The van der Waals surface area contributed by atoms with Gasteiger partial charge in [-0.25, -0.2) is 0 Å². The van der Waals surface area contributed by atoms with Gasteiger partial charge in [0.05, 0.1) is 31.1 Å². The van der Waals surface area contributed by atoms with Crippen LogP contribution in [0.5, 0.6) is 0 Å². The minimum atomic E-state index is -4.85. The molecule has 2 saturated heterocycles. The predicted octanol–water partition coefficient (Wildman–Crippen LogP) is -4.64. The molecule has 200 valence electrons. The van der Waals surface area contributed by atoms with Gasteiger partial charge >= 0.3 is 29.6 Å². The summed E-state index contributed by atoms with van der Waals surface area (Å²) in [6, 6.07) is 6.13. The standard InChI is InChI=1S/C22H26N4O9S2.Na/c27-19(18(37(31,32)33)14-4-2-1-3-5-14)24-16-20(28)26-17(22(29)30)15(13-36-21(16)26)12-23-35-11-8-25-6-9-34-10-7-25;/h1-5,12,16,18,21H,6-11,13H2,(H,24,27)(H,29,30)(H,31,32,33);/q;+1/p-1/t16-,18?,21+;/m1./s1. The van der Waals surface area contributed by atoms with Crippen molar-refractivity contribution >= 4 is 45.9 Å². The Morgan fingerprint density at radius 2 is 1.97 bits per heavy atom. The van der Waals surface area contributed by atoms with Crippen LogP contribution in [0.3, 0.4) is 0 Å². The minimum absolute atomic E-state index is 0. The number of carbonyl (C=O) groups excluding carboxylic acids is 3. The molecule has 3 aliphatic heterocycles. The zero-order valence-electron chi connectivity index (χ0n) is 20.5. The van der Waals surface area contributed by atoms with Crippen LogP contribution in [0, 0.1) is 0 Å². The van der Waals surface area contributed by atoms with Gasteiger partial charge in [-0.2, -0.15) is 8.42 Å². The third-order valence-electron chi connectivity index (χ3n) is 6.01. The molecule has 0 spiro atoms. The number of β-lactam (4-membered cyclic amide) rings is 1. The molecule has 2 amide bonds. The fourth-order valence-corrected chi connectivity index (χ4v) is 6.33. The average molecular weight is 577 g/mol. The maximum absolute atomic E-state index is 12.8. The fourth-order valence-electron chi connectivity index (χ4n) is 4.20. The van der Waals surface area contributed by atoms with Crippen LogP contribution in [-0.4, -0.2) is 103 Å². The van der Waals surface area contributed by atoms with Crippen LogP contribution in [0.2, 0.25) is 0 Å². The van der Waals surface area contributed by atoms with Crippen molar-refractivity contribution in [2.24, 2.45) is 5.16 Å². The number of rotatable bonds is 10. The average Bonchev–Trinajstić information content (AvgIpc) is 2.87. The van der Waals surface area contributed by atoms with E-state index >= 15 is 0 Å². The van der Waals surface area contributed by atoms with Crippen molar-refractivity contribution in [2.75, 3.05) is 45.2 Å². The Bertz CT molecular complexity index is 1210. The maximum Gasteiger partial charge on any atom is 1.00 e. The van der Waals surface area contributed by atoms with E-state index in [1.807, 2.05) is 0 Å². The Morgan fingerprint density at radius 3 is 2.61 bits per heavy atom. The summed E-state index contributed by atoms with van der Waals surface area (Å²) in [7, 11) is -4.85. The Kier molecular flexibility index (Phi) is 10.8. The molecule has 0 aliphatic carbocycles. The quantitative estimate of drug-likeness (QED) is 0.0684. The molecule has 4 rings (SSSR count). The number of fused-ring (bicyclic) bond motifs is 1. The van der Waals surface area contributed by atoms with E-state index in [2.05, 4.69) is 15.4 Å². The topological polar surface area (TPSA) is 178 Å². The van der Waals surface area contributed by atoms with E-state index in [1.54, 1.807) is 6.07 Å². The summed E-state index contributed by atoms with van der Waals surface area (Å²) in [6.07, 6.45) is 1.22. The molecular formula is C22H25N4NaO9S2. The Morgan fingerprint density at radius 1 is 1.29 bits per heavy atom. The van der Waals surface area contributed by atoms with Gasteiger partial charge in [-0.05, 0) is 5.56 Å². The van der Waals surface area contributed by atoms with Gasteiger partial charge in [-0.1, -0.05) is 35.5 Å². The first-order chi connectivity index (χ1) is 17.7. The smallest absolute Gasteiger partial charge is 0.543 e. The van der Waals surface area contributed by atoms with E-state index < -0.39 is 50.3 Å². The van der Waals surface area contributed by atoms with Gasteiger partial charge in [0.15, 0.2) is 5.25 Å². The maximum atomic E-state index is 12.8. The third kappa shape index (κ3) is 6.96. The molecule has 16 heteroatoms. The van der Waals surface area contributed by atoms with Crippen molar-refractivity contribution in [1.82, 2.24) is 15.1 Å². The number of ether oxygens (including phenoxy) is 1. The molecule has 0 bridgehead atoms. The largest absolute Gasteiger partial charge is 1.00 e. The second-order valence-corrected chi connectivity index (χ2v) is 11.0. The molecule has 3 aliphatic rings. The van der Waals surface area contributed by atoms with Gasteiger partial charge in [0.1, 0.15) is 18.0 Å². The first-order valence-corrected chi connectivity index (χ1v) is 13.9. The van der Waals surface area contributed by atoms with Crippen LogP contribution >= 0.6 is 11.8 Å². The molecule has 38 heavy (non-hydrogen) atoms. The van der Waals surface area contributed by atoms with Crippen LogP contribution in [0.1, 0.15) is 10.8 Å². The van der Waals surface area contributed by atoms with Crippen LogP contribution in [-0.2, 0) is 34.1 Å². The molecule has 2 N–H and O–H groups in total. The number of benzene rings is 1. The normalized spacial score (nSPS) is 22.8. The minimum Gasteiger partial charge on any atom is -0.543 e. The molecule has 3 atom stereocenters. The number of nitrogens with zero attached hydrogens (tertiary/aromatic N) is 3. The van der Waals surface area contributed by atoms with Crippen LogP contribution in [0.25, 0.3) is 0 Å². The van der Waals surface area contributed by atoms with Gasteiger partial charge in [-0.3, -0.25) is 23.9 Å². The number of carbonyl (C=O) groups is 3. The summed E-state index contributed by atoms with van der Waals surface area (Å²) in [5.41, 5.74) is -0.176. The van der Waals surface area contributed by atoms with Crippen molar-refractivity contribution < 1.29 is 71.6 Å². The molecule has 1 aromatic rings. The molecule has 0 aromatic heterocycles. The molecule has 1 aromatic carbocycles. The van der Waals surface area contributed by atoms with Crippen molar-refractivity contribution in [1.29, 1.82) is 0 Å². The van der Waals surface area contributed by atoms with Crippen LogP contribution in [0.4, 0.5) is 0 Å². The number of carboxylic acid groups (broad SMARTS) is 1. The molecule has 0 saturated carbocycles. The number of hydrogen-bond donors (Lipinski definition) is 2. The van der Waals surface area contributed by atoms with E-state index in [0.717, 1.165) is 29.8 Å². The van der Waals surface area contributed by atoms with E-state index in [4.69, 9.17) is 9.57 Å². The Labute approximate surface area is 245 Å². The number of amides is 2. The van der Waals surface area contributed by atoms with Gasteiger partial charge in [0.2, 0.25) is 5.91 Å². The molecule has 13 nitrogen and oxygen atoms in total. The molecule has 1 unspecified atom stereocenters. The Hall–Kier alpha value is -1.98. The second kappa shape index (κ2) is 13.4. The van der Waals surface area contributed by atoms with Gasteiger partial charge < -0.3 is 24.8 Å². The van der Waals surface area contributed by atoms with Crippen LogP contribution < -0.4 is 40.0 Å². The summed E-state index contributed by atoms with van der Waals surface area (Å²) >= 11 is 1.16. The van der Waals surface area contributed by atoms with Crippen molar-refractivity contribution in [2.45, 2.75) is 16.7 Å².